The fourth-order valence-corrected chi connectivity index (χ4v) is 2.66. The summed E-state index contributed by atoms with van der Waals surface area (Å²) in [6.07, 6.45) is 0.397. The maximum Gasteiger partial charge on any atom is 0.271 e. The Labute approximate surface area is 133 Å². The van der Waals surface area contributed by atoms with Crippen LogP contribution < -0.4 is 5.32 Å². The standard InChI is InChI=1S/C15H20FN3O4/c1-10-8-18(9-11(2)23-10)6-5-15(20)17-14-7-12(19(21)22)3-4-13(14)16/h3-4,7,10-11H,5-6,8-9H2,1-2H3,(H,17,20)/t10-,11+. The molecule has 0 aromatic heterocycles. The average Bonchev–Trinajstić information content (AvgIpc) is 2.46. The van der Waals surface area contributed by atoms with E-state index < -0.39 is 10.7 Å². The first-order chi connectivity index (χ1) is 10.8. The van der Waals surface area contributed by atoms with Crippen LogP contribution in [0.15, 0.2) is 18.2 Å². The van der Waals surface area contributed by atoms with Crippen molar-refractivity contribution >= 4 is 17.3 Å². The number of hydrogen-bond acceptors (Lipinski definition) is 5. The molecule has 23 heavy (non-hydrogen) atoms. The van der Waals surface area contributed by atoms with Gasteiger partial charge >= 0.3 is 0 Å². The molecule has 1 fully saturated rings. The van der Waals surface area contributed by atoms with Gasteiger partial charge in [0, 0.05) is 38.2 Å². The number of amides is 1. The second kappa shape index (κ2) is 7.47. The molecular weight excluding hydrogens is 305 g/mol. The molecule has 1 aliphatic heterocycles. The summed E-state index contributed by atoms with van der Waals surface area (Å²) in [7, 11) is 0. The largest absolute Gasteiger partial charge is 0.373 e. The van der Waals surface area contributed by atoms with Crippen LogP contribution in [-0.4, -0.2) is 47.6 Å². The molecule has 0 unspecified atom stereocenters. The van der Waals surface area contributed by atoms with Crippen molar-refractivity contribution in [2.24, 2.45) is 0 Å². The second-order valence-corrected chi connectivity index (χ2v) is 5.74. The first kappa shape index (κ1) is 17.3. The Morgan fingerprint density at radius 3 is 2.70 bits per heavy atom. The zero-order valence-electron chi connectivity index (χ0n) is 13.1. The van der Waals surface area contributed by atoms with E-state index in [2.05, 4.69) is 10.2 Å². The van der Waals surface area contributed by atoms with Gasteiger partial charge in [-0.1, -0.05) is 0 Å². The number of ether oxygens (including phenoxy) is 1. The van der Waals surface area contributed by atoms with Crippen LogP contribution in [0.4, 0.5) is 15.8 Å². The van der Waals surface area contributed by atoms with E-state index in [1.165, 1.54) is 0 Å². The molecule has 2 rings (SSSR count). The molecule has 1 aromatic carbocycles. The first-order valence-electron chi connectivity index (χ1n) is 7.46. The third-order valence-corrected chi connectivity index (χ3v) is 3.59. The van der Waals surface area contributed by atoms with E-state index in [0.717, 1.165) is 31.3 Å². The smallest absolute Gasteiger partial charge is 0.271 e. The number of hydrogen-bond donors (Lipinski definition) is 1. The lowest BCUT2D eigenvalue weighted by Gasteiger charge is -2.35. The molecule has 8 heteroatoms. The summed E-state index contributed by atoms with van der Waals surface area (Å²) in [6, 6.07) is 3.05. The Balaban J connectivity index is 1.90. The van der Waals surface area contributed by atoms with Crippen LogP contribution in [0.25, 0.3) is 0 Å². The predicted octanol–water partition coefficient (Wildman–Crippen LogP) is 2.17. The van der Waals surface area contributed by atoms with E-state index in [-0.39, 0.29) is 35.9 Å². The van der Waals surface area contributed by atoms with E-state index in [0.29, 0.717) is 6.54 Å². The van der Waals surface area contributed by atoms with Gasteiger partial charge in [0.05, 0.1) is 22.8 Å². The van der Waals surface area contributed by atoms with Crippen LogP contribution in [0.1, 0.15) is 20.3 Å². The minimum absolute atomic E-state index is 0.107. The number of carbonyl (C=O) groups excluding carboxylic acids is 1. The molecule has 2 atom stereocenters. The number of benzene rings is 1. The summed E-state index contributed by atoms with van der Waals surface area (Å²) < 4.78 is 19.2. The molecule has 1 heterocycles. The lowest BCUT2D eigenvalue weighted by atomic mass is 10.2. The molecule has 1 N–H and O–H groups in total. The zero-order valence-corrected chi connectivity index (χ0v) is 13.1. The number of morpholine rings is 1. The van der Waals surface area contributed by atoms with Gasteiger partial charge in [-0.05, 0) is 19.9 Å². The van der Waals surface area contributed by atoms with Gasteiger partial charge in [0.2, 0.25) is 5.91 Å². The fourth-order valence-electron chi connectivity index (χ4n) is 2.66. The molecule has 0 saturated carbocycles. The van der Waals surface area contributed by atoms with Crippen molar-refractivity contribution in [2.45, 2.75) is 32.5 Å². The minimum Gasteiger partial charge on any atom is -0.373 e. The summed E-state index contributed by atoms with van der Waals surface area (Å²) >= 11 is 0. The zero-order chi connectivity index (χ0) is 17.0. The highest BCUT2D eigenvalue weighted by atomic mass is 19.1. The van der Waals surface area contributed by atoms with Crippen molar-refractivity contribution in [2.75, 3.05) is 25.0 Å². The van der Waals surface area contributed by atoms with Gasteiger partial charge in [-0.15, -0.1) is 0 Å². The summed E-state index contributed by atoms with van der Waals surface area (Å²) in [6.45, 7) is 5.95. The number of non-ortho nitro benzene ring substituents is 1. The van der Waals surface area contributed by atoms with Crippen molar-refractivity contribution in [3.63, 3.8) is 0 Å². The Morgan fingerprint density at radius 2 is 2.09 bits per heavy atom. The normalized spacial score (nSPS) is 21.9. The maximum absolute atomic E-state index is 13.6. The summed E-state index contributed by atoms with van der Waals surface area (Å²) in [4.78, 5) is 24.1. The Kier molecular flexibility index (Phi) is 5.62. The molecule has 0 aliphatic carbocycles. The summed E-state index contributed by atoms with van der Waals surface area (Å²) in [5, 5.41) is 13.1. The molecule has 126 valence electrons. The van der Waals surface area contributed by atoms with Crippen molar-refractivity contribution in [3.8, 4) is 0 Å². The number of nitro benzene ring substituents is 1. The minimum atomic E-state index is -0.697. The highest BCUT2D eigenvalue weighted by molar-refractivity contribution is 5.91. The second-order valence-electron chi connectivity index (χ2n) is 5.74. The van der Waals surface area contributed by atoms with Gasteiger partial charge in [-0.2, -0.15) is 0 Å². The Hall–Kier alpha value is -2.06. The van der Waals surface area contributed by atoms with E-state index in [1.807, 2.05) is 13.8 Å². The van der Waals surface area contributed by atoms with Crippen molar-refractivity contribution < 1.29 is 18.8 Å². The Morgan fingerprint density at radius 1 is 1.43 bits per heavy atom. The first-order valence-corrected chi connectivity index (χ1v) is 7.46. The Bertz CT molecular complexity index is 586. The molecule has 1 aromatic rings. The third-order valence-electron chi connectivity index (χ3n) is 3.59. The molecule has 1 aliphatic rings. The number of anilines is 1. The van der Waals surface area contributed by atoms with Gasteiger partial charge in [-0.25, -0.2) is 4.39 Å². The third kappa shape index (κ3) is 4.97. The van der Waals surface area contributed by atoms with Gasteiger partial charge in [0.15, 0.2) is 0 Å². The number of nitrogens with one attached hydrogen (secondary N) is 1. The molecular formula is C15H20FN3O4. The summed E-state index contributed by atoms with van der Waals surface area (Å²) in [5.41, 5.74) is -0.439. The van der Waals surface area contributed by atoms with Crippen LogP contribution in [0.2, 0.25) is 0 Å². The predicted molar refractivity (Wildman–Crippen MR) is 82.8 cm³/mol. The monoisotopic (exact) mass is 325 g/mol. The number of rotatable bonds is 5. The van der Waals surface area contributed by atoms with Crippen LogP contribution in [0.3, 0.4) is 0 Å². The fraction of sp³-hybridized carbons (Fsp3) is 0.533. The molecule has 7 nitrogen and oxygen atoms in total. The number of nitro groups is 1. The van der Waals surface area contributed by atoms with E-state index in [4.69, 9.17) is 4.74 Å². The van der Waals surface area contributed by atoms with Gasteiger partial charge in [0.1, 0.15) is 5.82 Å². The van der Waals surface area contributed by atoms with Gasteiger partial charge in [-0.3, -0.25) is 19.8 Å². The van der Waals surface area contributed by atoms with Crippen molar-refractivity contribution in [3.05, 3.63) is 34.1 Å². The van der Waals surface area contributed by atoms with Crippen molar-refractivity contribution in [1.82, 2.24) is 4.90 Å². The topological polar surface area (TPSA) is 84.7 Å². The SMILES string of the molecule is C[C@@H]1CN(CCC(=O)Nc2cc([N+](=O)[O-])ccc2F)C[C@H](C)O1. The number of carbonyl (C=O) groups is 1. The van der Waals surface area contributed by atoms with Gasteiger partial charge < -0.3 is 10.1 Å². The highest BCUT2D eigenvalue weighted by Gasteiger charge is 2.22. The van der Waals surface area contributed by atoms with Crippen LogP contribution in [-0.2, 0) is 9.53 Å². The molecule has 0 bridgehead atoms. The number of nitrogens with zero attached hydrogens (tertiary/aromatic N) is 2. The average molecular weight is 325 g/mol. The lowest BCUT2D eigenvalue weighted by Crippen LogP contribution is -2.46. The van der Waals surface area contributed by atoms with Crippen LogP contribution in [0, 0.1) is 15.9 Å². The summed E-state index contributed by atoms with van der Waals surface area (Å²) in [5.74, 6) is -1.08. The molecule has 0 spiro atoms. The molecule has 1 amide bonds. The number of halogens is 1. The lowest BCUT2D eigenvalue weighted by molar-refractivity contribution is -0.384. The van der Waals surface area contributed by atoms with E-state index in [1.54, 1.807) is 0 Å². The van der Waals surface area contributed by atoms with Crippen LogP contribution >= 0.6 is 0 Å². The van der Waals surface area contributed by atoms with Crippen LogP contribution in [0.5, 0.6) is 0 Å². The maximum atomic E-state index is 13.6. The van der Waals surface area contributed by atoms with E-state index in [9.17, 15) is 19.3 Å². The van der Waals surface area contributed by atoms with Crippen molar-refractivity contribution in [1.29, 1.82) is 0 Å². The van der Waals surface area contributed by atoms with Gasteiger partial charge in [0.25, 0.3) is 5.69 Å². The molecule has 1 saturated heterocycles. The highest BCUT2D eigenvalue weighted by Crippen LogP contribution is 2.21. The van der Waals surface area contributed by atoms with E-state index >= 15 is 0 Å². The quantitative estimate of drug-likeness (QED) is 0.662. The molecule has 0 radical (unpaired) electrons.